The lowest BCUT2D eigenvalue weighted by molar-refractivity contribution is -0.686. The topological polar surface area (TPSA) is 3.88 Å². The highest BCUT2D eigenvalue weighted by Crippen LogP contribution is 2.10. The molecule has 0 saturated heterocycles. The molecule has 0 spiro atoms. The Morgan fingerprint density at radius 1 is 1.20 bits per heavy atom. The van der Waals surface area contributed by atoms with E-state index in [9.17, 15) is 0 Å². The third-order valence-electron chi connectivity index (χ3n) is 2.20. The highest BCUT2D eigenvalue weighted by atomic mass is 35.5. The average Bonchev–Trinajstić information content (AvgIpc) is 2.29. The van der Waals surface area contributed by atoms with Gasteiger partial charge < -0.3 is 0 Å². The monoisotopic (exact) mass is 238 g/mol. The normalized spacial score (nSPS) is 12.0. The number of fused-ring (bicyclic) bond motifs is 1. The van der Waals surface area contributed by atoms with Crippen LogP contribution in [-0.2, 0) is 6.54 Å². The van der Waals surface area contributed by atoms with Crippen LogP contribution in [0, 0.1) is 0 Å². The summed E-state index contributed by atoms with van der Waals surface area (Å²) in [6.07, 6.45) is 4.04. The molecule has 2 aromatic rings. The van der Waals surface area contributed by atoms with Gasteiger partial charge in [0, 0.05) is 17.0 Å². The predicted molar refractivity (Wildman–Crippen MR) is 63.9 cm³/mol. The van der Waals surface area contributed by atoms with Crippen molar-refractivity contribution in [3.05, 3.63) is 53.3 Å². The second-order valence-electron chi connectivity index (χ2n) is 3.30. The molecule has 0 amide bonds. The van der Waals surface area contributed by atoms with Crippen LogP contribution in [0.2, 0.25) is 0 Å². The number of hydrogen-bond acceptors (Lipinski definition) is 0. The smallest absolute Gasteiger partial charge is 0.185 e. The van der Waals surface area contributed by atoms with E-state index in [-0.39, 0.29) is 0 Å². The van der Waals surface area contributed by atoms with Crippen LogP contribution in [-0.4, -0.2) is 0 Å². The summed E-state index contributed by atoms with van der Waals surface area (Å²) in [7, 11) is 0. The number of hydrogen-bond donors (Lipinski definition) is 0. The summed E-state index contributed by atoms with van der Waals surface area (Å²) >= 11 is 11.4. The van der Waals surface area contributed by atoms with Gasteiger partial charge in [0.05, 0.1) is 5.03 Å². The van der Waals surface area contributed by atoms with Crippen molar-refractivity contribution in [3.63, 3.8) is 0 Å². The van der Waals surface area contributed by atoms with Gasteiger partial charge in [0.15, 0.2) is 18.9 Å². The van der Waals surface area contributed by atoms with Gasteiger partial charge >= 0.3 is 0 Å². The van der Waals surface area contributed by atoms with Crippen molar-refractivity contribution >= 4 is 34.0 Å². The minimum atomic E-state index is 0.607. The molecule has 1 aromatic carbocycles. The van der Waals surface area contributed by atoms with Crippen molar-refractivity contribution in [3.8, 4) is 0 Å². The molecule has 0 atom stereocenters. The third-order valence-corrected chi connectivity index (χ3v) is 2.80. The van der Waals surface area contributed by atoms with E-state index < -0.39 is 0 Å². The first-order chi connectivity index (χ1) is 7.29. The molecule has 0 fully saturated rings. The quantitative estimate of drug-likeness (QED) is 0.706. The van der Waals surface area contributed by atoms with E-state index in [1.54, 1.807) is 0 Å². The van der Waals surface area contributed by atoms with Crippen LogP contribution in [0.1, 0.15) is 0 Å². The lowest BCUT2D eigenvalue weighted by Gasteiger charge is -1.97. The van der Waals surface area contributed by atoms with E-state index in [0.29, 0.717) is 11.6 Å². The predicted octanol–water partition coefficient (Wildman–Crippen LogP) is 3.45. The first kappa shape index (κ1) is 10.5. The highest BCUT2D eigenvalue weighted by Gasteiger charge is 2.04. The molecule has 0 unspecified atom stereocenters. The molecule has 3 heteroatoms. The molecule has 76 valence electrons. The summed E-state index contributed by atoms with van der Waals surface area (Å²) < 4.78 is 2.00. The standard InChI is InChI=1S/C12H10Cl2N/c13-7-12(14)9-15-6-5-10-3-1-2-4-11(10)8-15/h1-8H,9H2/q+1. The van der Waals surface area contributed by atoms with Crippen LogP contribution >= 0.6 is 23.2 Å². The Morgan fingerprint density at radius 3 is 2.67 bits per heavy atom. The Balaban J connectivity index is 2.39. The van der Waals surface area contributed by atoms with Crippen LogP contribution in [0.3, 0.4) is 0 Å². The molecule has 1 aromatic heterocycles. The van der Waals surface area contributed by atoms with Gasteiger partial charge in [-0.25, -0.2) is 0 Å². The molecular formula is C12H10Cl2N+. The summed E-state index contributed by atoms with van der Waals surface area (Å²) in [5, 5.41) is 3.04. The second kappa shape index (κ2) is 4.65. The number of halogens is 2. The fourth-order valence-electron chi connectivity index (χ4n) is 1.49. The maximum Gasteiger partial charge on any atom is 0.185 e. The Kier molecular flexibility index (Phi) is 3.24. The van der Waals surface area contributed by atoms with Gasteiger partial charge in [-0.15, -0.1) is 0 Å². The van der Waals surface area contributed by atoms with Crippen LogP contribution in [0.4, 0.5) is 0 Å². The SMILES string of the molecule is ClC=C(Cl)C[n+]1ccc2ccccc2c1. The Hall–Kier alpha value is -1.05. The number of pyridine rings is 1. The van der Waals surface area contributed by atoms with Crippen LogP contribution in [0.25, 0.3) is 10.8 Å². The van der Waals surface area contributed by atoms with Gasteiger partial charge in [0.25, 0.3) is 0 Å². The van der Waals surface area contributed by atoms with Crippen LogP contribution < -0.4 is 4.57 Å². The summed E-state index contributed by atoms with van der Waals surface area (Å²) in [5.74, 6) is 0. The Morgan fingerprint density at radius 2 is 1.93 bits per heavy atom. The minimum absolute atomic E-state index is 0.607. The van der Waals surface area contributed by atoms with Crippen LogP contribution in [0.15, 0.2) is 53.3 Å². The number of rotatable bonds is 2. The molecule has 0 aliphatic heterocycles. The largest absolute Gasteiger partial charge is 0.199 e. The molecule has 0 saturated carbocycles. The van der Waals surface area contributed by atoms with Crippen molar-refractivity contribution in [1.29, 1.82) is 0 Å². The van der Waals surface area contributed by atoms with Gasteiger partial charge in [0.1, 0.15) is 0 Å². The van der Waals surface area contributed by atoms with Crippen molar-refractivity contribution in [1.82, 2.24) is 0 Å². The minimum Gasteiger partial charge on any atom is -0.199 e. The summed E-state index contributed by atoms with van der Waals surface area (Å²) in [5.41, 5.74) is 1.39. The fourth-order valence-corrected chi connectivity index (χ4v) is 1.69. The Labute approximate surface area is 98.6 Å². The van der Waals surface area contributed by atoms with Crippen molar-refractivity contribution in [2.45, 2.75) is 6.54 Å². The number of allylic oxidation sites excluding steroid dienone is 1. The lowest BCUT2D eigenvalue weighted by atomic mass is 10.2. The van der Waals surface area contributed by atoms with E-state index in [1.807, 2.05) is 22.9 Å². The van der Waals surface area contributed by atoms with Gasteiger partial charge in [-0.3, -0.25) is 0 Å². The number of aromatic nitrogens is 1. The molecule has 0 radical (unpaired) electrons. The maximum absolute atomic E-state index is 5.86. The first-order valence-electron chi connectivity index (χ1n) is 4.62. The van der Waals surface area contributed by atoms with Crippen molar-refractivity contribution < 1.29 is 4.57 Å². The molecule has 1 heterocycles. The zero-order valence-electron chi connectivity index (χ0n) is 8.03. The molecule has 0 N–H and O–H groups in total. The zero-order chi connectivity index (χ0) is 10.7. The highest BCUT2D eigenvalue weighted by molar-refractivity contribution is 6.36. The lowest BCUT2D eigenvalue weighted by Crippen LogP contribution is -2.32. The van der Waals surface area contributed by atoms with E-state index in [4.69, 9.17) is 23.2 Å². The molecule has 0 bridgehead atoms. The molecule has 15 heavy (non-hydrogen) atoms. The first-order valence-corrected chi connectivity index (χ1v) is 5.43. The molecular weight excluding hydrogens is 229 g/mol. The molecule has 0 aliphatic carbocycles. The molecule has 0 aliphatic rings. The van der Waals surface area contributed by atoms with Crippen LogP contribution in [0.5, 0.6) is 0 Å². The molecule has 2 rings (SSSR count). The third kappa shape index (κ3) is 2.49. The van der Waals surface area contributed by atoms with Gasteiger partial charge in [0.2, 0.25) is 0 Å². The molecule has 1 nitrogen and oxygen atoms in total. The number of benzene rings is 1. The fraction of sp³-hybridized carbons (Fsp3) is 0.0833. The summed E-state index contributed by atoms with van der Waals surface area (Å²) in [4.78, 5) is 0. The summed E-state index contributed by atoms with van der Waals surface area (Å²) in [6.45, 7) is 0.607. The second-order valence-corrected chi connectivity index (χ2v) is 4.01. The van der Waals surface area contributed by atoms with E-state index >= 15 is 0 Å². The van der Waals surface area contributed by atoms with Crippen molar-refractivity contribution in [2.75, 3.05) is 0 Å². The summed E-state index contributed by atoms with van der Waals surface area (Å²) in [6, 6.07) is 10.3. The van der Waals surface area contributed by atoms with Gasteiger partial charge in [-0.2, -0.15) is 4.57 Å². The maximum atomic E-state index is 5.86. The van der Waals surface area contributed by atoms with Crippen molar-refractivity contribution in [2.24, 2.45) is 0 Å². The Bertz CT molecular complexity index is 506. The van der Waals surface area contributed by atoms with Gasteiger partial charge in [-0.05, 0) is 11.5 Å². The van der Waals surface area contributed by atoms with E-state index in [0.717, 1.165) is 0 Å². The average molecular weight is 239 g/mol. The zero-order valence-corrected chi connectivity index (χ0v) is 9.54. The van der Waals surface area contributed by atoms with Gasteiger partial charge in [-0.1, -0.05) is 41.4 Å². The van der Waals surface area contributed by atoms with E-state index in [1.165, 1.54) is 16.3 Å². The van der Waals surface area contributed by atoms with E-state index in [2.05, 4.69) is 24.4 Å². The number of nitrogens with zero attached hydrogens (tertiary/aromatic N) is 1.